The number of rotatable bonds is 7. The van der Waals surface area contributed by atoms with Crippen LogP contribution in [0.25, 0.3) is 0 Å². The van der Waals surface area contributed by atoms with Gasteiger partial charge in [-0.05, 0) is 48.2 Å². The number of nitrogens with one attached hydrogen (secondary N) is 2. The molecule has 0 aliphatic rings. The molecule has 9 heteroatoms. The van der Waals surface area contributed by atoms with E-state index in [1.54, 1.807) is 24.3 Å². The van der Waals surface area contributed by atoms with Crippen molar-refractivity contribution in [2.24, 2.45) is 5.92 Å². The lowest BCUT2D eigenvalue weighted by Crippen LogP contribution is -2.14. The van der Waals surface area contributed by atoms with Crippen molar-refractivity contribution in [1.82, 2.24) is 0 Å². The summed E-state index contributed by atoms with van der Waals surface area (Å²) in [5.74, 6) is 0.483. The van der Waals surface area contributed by atoms with Crippen LogP contribution in [0.15, 0.2) is 47.4 Å². The van der Waals surface area contributed by atoms with Crippen molar-refractivity contribution in [3.05, 3.63) is 53.1 Å². The molecule has 0 aliphatic carbocycles. The van der Waals surface area contributed by atoms with Crippen molar-refractivity contribution in [2.75, 3.05) is 15.7 Å². The smallest absolute Gasteiger partial charge is 0.261 e. The van der Waals surface area contributed by atoms with Crippen LogP contribution in [-0.4, -0.2) is 23.1 Å². The third-order valence-electron chi connectivity index (χ3n) is 3.39. The van der Waals surface area contributed by atoms with Crippen LogP contribution in [0.2, 0.25) is 5.02 Å². The fourth-order valence-electron chi connectivity index (χ4n) is 2.35. The minimum Gasteiger partial charge on any atom is -0.282 e. The molecule has 0 amide bonds. The Morgan fingerprint density at radius 3 is 2.08 bits per heavy atom. The topological polar surface area (TPSA) is 92.3 Å². The second-order valence-corrected chi connectivity index (χ2v) is 10.3. The molecule has 0 bridgehead atoms. The van der Waals surface area contributed by atoms with Crippen molar-refractivity contribution < 1.29 is 16.8 Å². The molecule has 2 aromatic carbocycles. The molecule has 0 aromatic heterocycles. The zero-order chi connectivity index (χ0) is 19.5. The van der Waals surface area contributed by atoms with Gasteiger partial charge in [-0.15, -0.1) is 0 Å². The van der Waals surface area contributed by atoms with Gasteiger partial charge in [0.1, 0.15) is 0 Å². The summed E-state index contributed by atoms with van der Waals surface area (Å²) >= 11 is 6.02. The zero-order valence-electron chi connectivity index (χ0n) is 14.7. The molecule has 26 heavy (non-hydrogen) atoms. The number of anilines is 2. The number of hydrogen-bond donors (Lipinski definition) is 2. The largest absolute Gasteiger partial charge is 0.282 e. The summed E-state index contributed by atoms with van der Waals surface area (Å²) in [7, 11) is -7.25. The first kappa shape index (κ1) is 20.5. The highest BCUT2D eigenvalue weighted by atomic mass is 35.5. The number of hydrogen-bond acceptors (Lipinski definition) is 4. The van der Waals surface area contributed by atoms with Crippen LogP contribution in [0.3, 0.4) is 0 Å². The SMILES string of the molecule is CC(C)Cc1ccc(S(=O)(=O)Nc2ccc(NS(C)(=O)=O)c(Cl)c2)cc1. The normalized spacial score (nSPS) is 12.2. The van der Waals surface area contributed by atoms with Crippen LogP contribution in [0.1, 0.15) is 19.4 Å². The highest BCUT2D eigenvalue weighted by molar-refractivity contribution is 7.92. The maximum atomic E-state index is 12.5. The van der Waals surface area contributed by atoms with Crippen LogP contribution in [-0.2, 0) is 26.5 Å². The standard InChI is InChI=1S/C17H21ClN2O4S2/c1-12(2)10-13-4-7-15(8-5-13)26(23,24)19-14-6-9-17(16(18)11-14)20-25(3,21)22/h4-9,11-12,19-20H,10H2,1-3H3. The van der Waals surface area contributed by atoms with Crippen molar-refractivity contribution in [1.29, 1.82) is 0 Å². The van der Waals surface area contributed by atoms with Crippen LogP contribution in [0, 0.1) is 5.92 Å². The Morgan fingerprint density at radius 1 is 0.962 bits per heavy atom. The summed E-state index contributed by atoms with van der Waals surface area (Å²) in [6.07, 6.45) is 1.88. The van der Waals surface area contributed by atoms with Gasteiger partial charge in [-0.25, -0.2) is 16.8 Å². The average Bonchev–Trinajstić information content (AvgIpc) is 2.48. The van der Waals surface area contributed by atoms with Gasteiger partial charge in [-0.1, -0.05) is 37.6 Å². The Kier molecular flexibility index (Phi) is 6.21. The highest BCUT2D eigenvalue weighted by Crippen LogP contribution is 2.27. The van der Waals surface area contributed by atoms with E-state index in [0.717, 1.165) is 18.2 Å². The van der Waals surface area contributed by atoms with Crippen molar-refractivity contribution in [2.45, 2.75) is 25.2 Å². The monoisotopic (exact) mass is 416 g/mol. The summed E-state index contributed by atoms with van der Waals surface area (Å²) < 4.78 is 52.2. The summed E-state index contributed by atoms with van der Waals surface area (Å²) in [5, 5.41) is 0.0860. The van der Waals surface area contributed by atoms with E-state index in [4.69, 9.17) is 11.6 Å². The van der Waals surface area contributed by atoms with Gasteiger partial charge in [0.2, 0.25) is 10.0 Å². The molecule has 0 radical (unpaired) electrons. The highest BCUT2D eigenvalue weighted by Gasteiger charge is 2.15. The molecule has 0 heterocycles. The third-order valence-corrected chi connectivity index (χ3v) is 5.69. The Morgan fingerprint density at radius 2 is 1.58 bits per heavy atom. The Hall–Kier alpha value is -1.77. The molecule has 0 atom stereocenters. The maximum Gasteiger partial charge on any atom is 0.261 e. The van der Waals surface area contributed by atoms with Gasteiger partial charge in [-0.3, -0.25) is 9.44 Å². The molecular formula is C17H21ClN2O4S2. The predicted molar refractivity (Wildman–Crippen MR) is 106 cm³/mol. The first-order valence-corrected chi connectivity index (χ1v) is 11.6. The average molecular weight is 417 g/mol. The van der Waals surface area contributed by atoms with E-state index in [2.05, 4.69) is 23.3 Å². The maximum absolute atomic E-state index is 12.5. The van der Waals surface area contributed by atoms with Crippen LogP contribution >= 0.6 is 11.6 Å². The summed E-state index contributed by atoms with van der Waals surface area (Å²) in [6, 6.07) is 10.9. The Labute approximate surface area is 159 Å². The zero-order valence-corrected chi connectivity index (χ0v) is 17.0. The summed E-state index contributed by atoms with van der Waals surface area (Å²) in [6.45, 7) is 4.19. The van der Waals surface area contributed by atoms with E-state index in [9.17, 15) is 16.8 Å². The molecule has 0 aliphatic heterocycles. The van der Waals surface area contributed by atoms with E-state index >= 15 is 0 Å². The van der Waals surface area contributed by atoms with Gasteiger partial charge in [-0.2, -0.15) is 0 Å². The Bertz CT molecular complexity index is 986. The lowest BCUT2D eigenvalue weighted by atomic mass is 10.0. The molecular weight excluding hydrogens is 396 g/mol. The fraction of sp³-hybridized carbons (Fsp3) is 0.294. The second-order valence-electron chi connectivity index (χ2n) is 6.42. The van der Waals surface area contributed by atoms with E-state index in [-0.39, 0.29) is 21.3 Å². The van der Waals surface area contributed by atoms with Gasteiger partial charge in [0.15, 0.2) is 0 Å². The molecule has 0 unspecified atom stereocenters. The van der Waals surface area contributed by atoms with E-state index < -0.39 is 20.0 Å². The quantitative estimate of drug-likeness (QED) is 0.719. The minimum atomic E-state index is -3.77. The predicted octanol–water partition coefficient (Wildman–Crippen LogP) is 3.71. The molecule has 0 spiro atoms. The number of sulfonamides is 2. The fourth-order valence-corrected chi connectivity index (χ4v) is 4.26. The molecule has 2 N–H and O–H groups in total. The lowest BCUT2D eigenvalue weighted by molar-refractivity contribution is 0.600. The van der Waals surface area contributed by atoms with Crippen molar-refractivity contribution in [3.8, 4) is 0 Å². The molecule has 6 nitrogen and oxygen atoms in total. The molecule has 0 saturated heterocycles. The Balaban J connectivity index is 2.20. The summed E-state index contributed by atoms with van der Waals surface area (Å²) in [5.41, 5.74) is 1.48. The molecule has 142 valence electrons. The molecule has 0 saturated carbocycles. The first-order valence-electron chi connectivity index (χ1n) is 7.85. The van der Waals surface area contributed by atoms with Crippen LogP contribution < -0.4 is 9.44 Å². The van der Waals surface area contributed by atoms with Crippen LogP contribution in [0.5, 0.6) is 0 Å². The van der Waals surface area contributed by atoms with E-state index in [0.29, 0.717) is 5.92 Å². The molecule has 2 rings (SSSR count). The first-order chi connectivity index (χ1) is 12.0. The molecule has 0 fully saturated rings. The lowest BCUT2D eigenvalue weighted by Gasteiger charge is -2.12. The summed E-state index contributed by atoms with van der Waals surface area (Å²) in [4.78, 5) is 0.138. The second kappa shape index (κ2) is 7.85. The van der Waals surface area contributed by atoms with Gasteiger partial charge in [0, 0.05) is 0 Å². The van der Waals surface area contributed by atoms with Gasteiger partial charge in [0.25, 0.3) is 10.0 Å². The van der Waals surface area contributed by atoms with E-state index in [1.807, 2.05) is 0 Å². The van der Waals surface area contributed by atoms with Crippen LogP contribution in [0.4, 0.5) is 11.4 Å². The molecule has 2 aromatic rings. The minimum absolute atomic E-state index is 0.0860. The third kappa shape index (κ3) is 5.89. The van der Waals surface area contributed by atoms with Gasteiger partial charge < -0.3 is 0 Å². The van der Waals surface area contributed by atoms with E-state index in [1.165, 1.54) is 18.2 Å². The number of benzene rings is 2. The van der Waals surface area contributed by atoms with Crippen molar-refractivity contribution >= 4 is 43.0 Å². The van der Waals surface area contributed by atoms with Gasteiger partial charge in [0.05, 0.1) is 27.5 Å². The van der Waals surface area contributed by atoms with Gasteiger partial charge >= 0.3 is 0 Å². The number of halogens is 1. The van der Waals surface area contributed by atoms with Crippen molar-refractivity contribution in [3.63, 3.8) is 0 Å².